The lowest BCUT2D eigenvalue weighted by Gasteiger charge is -2.16. The molecule has 2 heterocycles. The van der Waals surface area contributed by atoms with Crippen LogP contribution in [-0.2, 0) is 0 Å². The third-order valence-corrected chi connectivity index (χ3v) is 6.24. The molecule has 0 N–H and O–H groups in total. The van der Waals surface area contributed by atoms with Crippen LogP contribution in [0.15, 0.2) is 97.3 Å². The van der Waals surface area contributed by atoms with E-state index in [-0.39, 0.29) is 0 Å². The van der Waals surface area contributed by atoms with E-state index < -0.39 is 0 Å². The summed E-state index contributed by atoms with van der Waals surface area (Å²) < 4.78 is 0. The van der Waals surface area contributed by atoms with Crippen molar-refractivity contribution in [3.63, 3.8) is 0 Å². The molecule has 4 heteroatoms. The molecule has 34 heavy (non-hydrogen) atoms. The van der Waals surface area contributed by atoms with Crippen molar-refractivity contribution >= 4 is 38.1 Å². The van der Waals surface area contributed by atoms with Crippen molar-refractivity contribution in [2.45, 2.75) is 0 Å². The van der Waals surface area contributed by atoms with Crippen molar-refractivity contribution in [3.05, 3.63) is 114 Å². The monoisotopic (exact) mass is 432 g/mol. The van der Waals surface area contributed by atoms with E-state index >= 15 is 0 Å². The third-order valence-electron chi connectivity index (χ3n) is 6.24. The lowest BCUT2D eigenvalue weighted by atomic mass is 9.88. The molecule has 0 saturated heterocycles. The second-order valence-electron chi connectivity index (χ2n) is 8.09. The van der Waals surface area contributed by atoms with Gasteiger partial charge in [0.05, 0.1) is 0 Å². The predicted octanol–water partition coefficient (Wildman–Crippen LogP) is 7.69. The van der Waals surface area contributed by atoms with Crippen molar-refractivity contribution in [2.75, 3.05) is 0 Å². The number of hydrogen-bond donors (Lipinski definition) is 0. The summed E-state index contributed by atoms with van der Waals surface area (Å²) in [5, 5.41) is 16.2. The highest BCUT2D eigenvalue weighted by Gasteiger charge is 2.15. The SMILES string of the molecule is [C-]#[N+]c1cc(-c2cc3c4ccccc4c(-c4ccnc(C#N)c4)cc3c3ccccc23)ccn1. The average molecular weight is 432 g/mol. The van der Waals surface area contributed by atoms with Gasteiger partial charge in [-0.2, -0.15) is 5.26 Å². The highest BCUT2D eigenvalue weighted by atomic mass is 14.8. The first-order chi connectivity index (χ1) is 16.8. The van der Waals surface area contributed by atoms with E-state index in [2.05, 4.69) is 69.4 Å². The first-order valence-corrected chi connectivity index (χ1v) is 10.8. The number of hydrogen-bond acceptors (Lipinski definition) is 3. The summed E-state index contributed by atoms with van der Waals surface area (Å²) in [5.74, 6) is 0.382. The summed E-state index contributed by atoms with van der Waals surface area (Å²) in [6.45, 7) is 7.38. The van der Waals surface area contributed by atoms with E-state index in [1.165, 1.54) is 0 Å². The number of benzene rings is 4. The van der Waals surface area contributed by atoms with Crippen LogP contribution in [0, 0.1) is 17.9 Å². The van der Waals surface area contributed by atoms with E-state index in [1.807, 2.05) is 36.4 Å². The van der Waals surface area contributed by atoms with Gasteiger partial charge in [-0.05, 0) is 91.0 Å². The van der Waals surface area contributed by atoms with Gasteiger partial charge in [0, 0.05) is 6.20 Å². The molecular formula is C30H16N4. The van der Waals surface area contributed by atoms with Crippen molar-refractivity contribution in [1.29, 1.82) is 5.26 Å². The molecular weight excluding hydrogens is 416 g/mol. The van der Waals surface area contributed by atoms with Crippen LogP contribution in [0.4, 0.5) is 5.82 Å². The minimum absolute atomic E-state index is 0.382. The molecule has 0 amide bonds. The molecule has 4 nitrogen and oxygen atoms in total. The van der Waals surface area contributed by atoms with Crippen LogP contribution in [-0.4, -0.2) is 9.97 Å². The van der Waals surface area contributed by atoms with Crippen LogP contribution in [0.5, 0.6) is 0 Å². The highest BCUT2D eigenvalue weighted by Crippen LogP contribution is 2.41. The molecule has 0 atom stereocenters. The zero-order chi connectivity index (χ0) is 23.1. The van der Waals surface area contributed by atoms with Crippen LogP contribution in [0.3, 0.4) is 0 Å². The Hall–Kier alpha value is -5.06. The Labute approximate surface area is 196 Å². The summed E-state index contributed by atoms with van der Waals surface area (Å²) in [6, 6.07) is 30.9. The maximum absolute atomic E-state index is 9.38. The largest absolute Gasteiger partial charge is 0.361 e. The minimum atomic E-state index is 0.382. The Kier molecular flexibility index (Phi) is 4.51. The van der Waals surface area contributed by atoms with Gasteiger partial charge in [0.25, 0.3) is 5.82 Å². The van der Waals surface area contributed by atoms with Gasteiger partial charge in [0.15, 0.2) is 0 Å². The molecule has 0 fully saturated rings. The fraction of sp³-hybridized carbons (Fsp3) is 0. The topological polar surface area (TPSA) is 53.9 Å². The van der Waals surface area contributed by atoms with Crippen molar-refractivity contribution in [3.8, 4) is 28.3 Å². The third kappa shape index (κ3) is 3.06. The summed E-state index contributed by atoms with van der Waals surface area (Å²) in [6.07, 6.45) is 3.38. The van der Waals surface area contributed by atoms with E-state index in [0.717, 1.165) is 54.6 Å². The van der Waals surface area contributed by atoms with Crippen molar-refractivity contribution in [1.82, 2.24) is 9.97 Å². The Balaban J connectivity index is 1.77. The zero-order valence-corrected chi connectivity index (χ0v) is 18.0. The lowest BCUT2D eigenvalue weighted by molar-refractivity contribution is 1.27. The van der Waals surface area contributed by atoms with Gasteiger partial charge >= 0.3 is 0 Å². The number of nitrogens with zero attached hydrogens (tertiary/aromatic N) is 4. The van der Waals surface area contributed by atoms with E-state index in [0.29, 0.717) is 11.5 Å². The molecule has 6 aromatic rings. The first kappa shape index (κ1) is 19.6. The molecule has 6 rings (SSSR count). The molecule has 0 spiro atoms. The average Bonchev–Trinajstić information content (AvgIpc) is 2.92. The molecule has 156 valence electrons. The van der Waals surface area contributed by atoms with Crippen molar-refractivity contribution in [2.24, 2.45) is 0 Å². The van der Waals surface area contributed by atoms with Gasteiger partial charge in [-0.25, -0.2) is 4.98 Å². The van der Waals surface area contributed by atoms with E-state index in [9.17, 15) is 5.26 Å². The minimum Gasteiger partial charge on any atom is -0.361 e. The lowest BCUT2D eigenvalue weighted by Crippen LogP contribution is -1.90. The fourth-order valence-electron chi connectivity index (χ4n) is 4.74. The van der Waals surface area contributed by atoms with Crippen LogP contribution in [0.1, 0.15) is 5.69 Å². The number of aromatic nitrogens is 2. The molecule has 0 bridgehead atoms. The Morgan fingerprint density at radius 1 is 0.618 bits per heavy atom. The molecule has 0 radical (unpaired) electrons. The van der Waals surface area contributed by atoms with Gasteiger partial charge < -0.3 is 4.85 Å². The van der Waals surface area contributed by atoms with Crippen LogP contribution >= 0.6 is 0 Å². The second kappa shape index (κ2) is 7.81. The fourth-order valence-corrected chi connectivity index (χ4v) is 4.74. The number of rotatable bonds is 2. The van der Waals surface area contributed by atoms with Gasteiger partial charge in [0.2, 0.25) is 0 Å². The van der Waals surface area contributed by atoms with Gasteiger partial charge in [-0.15, -0.1) is 4.98 Å². The standard InChI is InChI=1S/C30H16N4/c1-32-30-15-20(11-13-34-30)27-17-29-24-8-4-2-6-22(24)26(19-10-12-33-21(14-19)18-31)16-28(29)25-9-5-3-7-23(25)27/h2-17H. The maximum atomic E-state index is 9.38. The number of pyridine rings is 2. The normalized spacial score (nSPS) is 10.9. The van der Waals surface area contributed by atoms with E-state index in [4.69, 9.17) is 6.57 Å². The summed E-state index contributed by atoms with van der Waals surface area (Å²) >= 11 is 0. The molecule has 0 unspecified atom stereocenters. The maximum Gasteiger partial charge on any atom is 0.270 e. The van der Waals surface area contributed by atoms with Gasteiger partial charge in [0.1, 0.15) is 18.0 Å². The molecule has 4 aromatic carbocycles. The van der Waals surface area contributed by atoms with Crippen LogP contribution in [0.2, 0.25) is 0 Å². The quantitative estimate of drug-likeness (QED) is 0.208. The van der Waals surface area contributed by atoms with Crippen LogP contribution in [0.25, 0.3) is 59.4 Å². The Morgan fingerprint density at radius 2 is 1.15 bits per heavy atom. The zero-order valence-electron chi connectivity index (χ0n) is 18.0. The smallest absolute Gasteiger partial charge is 0.270 e. The molecule has 0 aliphatic carbocycles. The summed E-state index contributed by atoms with van der Waals surface area (Å²) in [4.78, 5) is 11.8. The van der Waals surface area contributed by atoms with Gasteiger partial charge in [-0.1, -0.05) is 55.1 Å². The molecule has 0 aliphatic rings. The Morgan fingerprint density at radius 3 is 1.71 bits per heavy atom. The predicted molar refractivity (Wildman–Crippen MR) is 136 cm³/mol. The number of fused-ring (bicyclic) bond motifs is 5. The summed E-state index contributed by atoms with van der Waals surface area (Å²) in [5.41, 5.74) is 4.48. The summed E-state index contributed by atoms with van der Waals surface area (Å²) in [7, 11) is 0. The number of nitriles is 1. The Bertz CT molecular complexity index is 1700. The highest BCUT2D eigenvalue weighted by molar-refractivity contribution is 6.23. The van der Waals surface area contributed by atoms with Crippen LogP contribution < -0.4 is 0 Å². The molecule has 0 saturated carbocycles. The van der Waals surface area contributed by atoms with Crippen molar-refractivity contribution < 1.29 is 0 Å². The molecule has 0 aliphatic heterocycles. The molecule has 2 aromatic heterocycles. The first-order valence-electron chi connectivity index (χ1n) is 10.8. The van der Waals surface area contributed by atoms with Gasteiger partial charge in [-0.3, -0.25) is 0 Å². The second-order valence-corrected chi connectivity index (χ2v) is 8.09. The van der Waals surface area contributed by atoms with E-state index in [1.54, 1.807) is 12.4 Å².